The fourth-order valence-electron chi connectivity index (χ4n) is 2.49. The number of unbranched alkanes of at least 4 members (excludes halogenated alkanes) is 12. The van der Waals surface area contributed by atoms with Crippen LogP contribution in [0.5, 0.6) is 0 Å². The first-order chi connectivity index (χ1) is 9.91. The highest BCUT2D eigenvalue weighted by atomic mass is 32.2. The summed E-state index contributed by atoms with van der Waals surface area (Å²) in [6.07, 6.45) is 26.7. The highest BCUT2D eigenvalue weighted by Crippen LogP contribution is 2.10. The largest absolute Gasteiger partial charge is 0.165 e. The van der Waals surface area contributed by atoms with Gasteiger partial charge in [-0.05, 0) is 44.1 Å². The standard InChI is InChI=1S/C19H38S/c1-3-4-5-6-7-8-9-10-11-12-13-14-15-16-17-18-19-20-2/h10-11H,3-9,12-19H2,1-2H3/b11-10-. The molecule has 0 N–H and O–H groups in total. The summed E-state index contributed by atoms with van der Waals surface area (Å²) in [5.41, 5.74) is 0. The van der Waals surface area contributed by atoms with Crippen molar-refractivity contribution in [2.45, 2.75) is 96.8 Å². The molecule has 0 aliphatic rings. The van der Waals surface area contributed by atoms with Gasteiger partial charge in [-0.25, -0.2) is 0 Å². The Hall–Kier alpha value is 0.0900. The van der Waals surface area contributed by atoms with Gasteiger partial charge in [-0.2, -0.15) is 11.8 Å². The monoisotopic (exact) mass is 298 g/mol. The lowest BCUT2D eigenvalue weighted by Gasteiger charge is -2.00. The Morgan fingerprint density at radius 1 is 0.600 bits per heavy atom. The van der Waals surface area contributed by atoms with E-state index >= 15 is 0 Å². The highest BCUT2D eigenvalue weighted by molar-refractivity contribution is 7.98. The van der Waals surface area contributed by atoms with E-state index in [1.54, 1.807) is 0 Å². The predicted octanol–water partition coefficient (Wildman–Crippen LogP) is 7.39. The van der Waals surface area contributed by atoms with Crippen molar-refractivity contribution in [2.75, 3.05) is 12.0 Å². The van der Waals surface area contributed by atoms with E-state index in [1.807, 2.05) is 11.8 Å². The van der Waals surface area contributed by atoms with Gasteiger partial charge in [0.1, 0.15) is 0 Å². The lowest BCUT2D eigenvalue weighted by atomic mass is 10.1. The lowest BCUT2D eigenvalue weighted by Crippen LogP contribution is -1.82. The Labute approximate surface area is 133 Å². The van der Waals surface area contributed by atoms with Gasteiger partial charge in [0.25, 0.3) is 0 Å². The molecule has 0 aromatic rings. The van der Waals surface area contributed by atoms with Crippen molar-refractivity contribution in [3.63, 3.8) is 0 Å². The maximum absolute atomic E-state index is 2.42. The van der Waals surface area contributed by atoms with Gasteiger partial charge >= 0.3 is 0 Å². The van der Waals surface area contributed by atoms with Crippen molar-refractivity contribution in [1.29, 1.82) is 0 Å². The van der Waals surface area contributed by atoms with E-state index in [4.69, 9.17) is 0 Å². The van der Waals surface area contributed by atoms with Crippen LogP contribution in [0.2, 0.25) is 0 Å². The zero-order chi connectivity index (χ0) is 14.7. The smallest absolute Gasteiger partial charge is 0.00703 e. The van der Waals surface area contributed by atoms with Crippen LogP contribution in [-0.4, -0.2) is 12.0 Å². The molecule has 0 saturated carbocycles. The first-order valence-electron chi connectivity index (χ1n) is 9.05. The third-order valence-electron chi connectivity index (χ3n) is 3.86. The molecule has 0 aliphatic heterocycles. The summed E-state index contributed by atoms with van der Waals surface area (Å²) in [7, 11) is 0. The Balaban J connectivity index is 3.01. The van der Waals surface area contributed by atoms with E-state index in [2.05, 4.69) is 25.3 Å². The zero-order valence-electron chi connectivity index (χ0n) is 14.2. The molecule has 20 heavy (non-hydrogen) atoms. The molecule has 0 rings (SSSR count). The maximum atomic E-state index is 2.42. The number of rotatable bonds is 16. The fraction of sp³-hybridized carbons (Fsp3) is 0.895. The second-order valence-corrected chi connectivity index (χ2v) is 6.92. The summed E-state index contributed by atoms with van der Waals surface area (Å²) in [4.78, 5) is 0. The fourth-order valence-corrected chi connectivity index (χ4v) is 2.99. The third kappa shape index (κ3) is 18.1. The Bertz CT molecular complexity index is 186. The minimum absolute atomic E-state index is 1.31. The quantitative estimate of drug-likeness (QED) is 0.211. The van der Waals surface area contributed by atoms with Crippen molar-refractivity contribution in [2.24, 2.45) is 0 Å². The van der Waals surface area contributed by atoms with Crippen molar-refractivity contribution >= 4 is 11.8 Å². The van der Waals surface area contributed by atoms with Crippen LogP contribution < -0.4 is 0 Å². The molecule has 0 amide bonds. The molecular formula is C19H38S. The normalized spacial score (nSPS) is 11.5. The minimum Gasteiger partial charge on any atom is -0.165 e. The molecule has 120 valence electrons. The van der Waals surface area contributed by atoms with Gasteiger partial charge in [0.05, 0.1) is 0 Å². The second-order valence-electron chi connectivity index (χ2n) is 5.93. The Morgan fingerprint density at radius 2 is 1.05 bits per heavy atom. The Kier molecular flexibility index (Phi) is 19.2. The van der Waals surface area contributed by atoms with Crippen LogP contribution in [0, 0.1) is 0 Å². The minimum atomic E-state index is 1.31. The van der Waals surface area contributed by atoms with Gasteiger partial charge in [0, 0.05) is 0 Å². The van der Waals surface area contributed by atoms with E-state index in [9.17, 15) is 0 Å². The van der Waals surface area contributed by atoms with Crippen LogP contribution in [0.15, 0.2) is 12.2 Å². The lowest BCUT2D eigenvalue weighted by molar-refractivity contribution is 0.607. The summed E-state index contributed by atoms with van der Waals surface area (Å²) in [5, 5.41) is 0. The van der Waals surface area contributed by atoms with Crippen LogP contribution in [0.3, 0.4) is 0 Å². The number of hydrogen-bond donors (Lipinski definition) is 0. The highest BCUT2D eigenvalue weighted by Gasteiger charge is 1.91. The average molecular weight is 299 g/mol. The molecule has 0 unspecified atom stereocenters. The molecule has 0 aliphatic carbocycles. The molecule has 0 radical (unpaired) electrons. The summed E-state index contributed by atoms with van der Waals surface area (Å²) in [5.74, 6) is 1.35. The zero-order valence-corrected chi connectivity index (χ0v) is 15.0. The molecule has 0 saturated heterocycles. The van der Waals surface area contributed by atoms with E-state index in [1.165, 1.54) is 95.6 Å². The molecule has 0 heterocycles. The van der Waals surface area contributed by atoms with Crippen molar-refractivity contribution in [3.05, 3.63) is 12.2 Å². The summed E-state index contributed by atoms with van der Waals surface area (Å²) < 4.78 is 0. The van der Waals surface area contributed by atoms with Gasteiger partial charge in [-0.3, -0.25) is 0 Å². The van der Waals surface area contributed by atoms with Gasteiger partial charge in [-0.1, -0.05) is 76.9 Å². The summed E-state index contributed by atoms with van der Waals surface area (Å²) in [6.45, 7) is 2.28. The number of hydrogen-bond acceptors (Lipinski definition) is 1. The first-order valence-corrected chi connectivity index (χ1v) is 10.4. The van der Waals surface area contributed by atoms with Gasteiger partial charge in [-0.15, -0.1) is 0 Å². The van der Waals surface area contributed by atoms with E-state index < -0.39 is 0 Å². The van der Waals surface area contributed by atoms with Crippen LogP contribution >= 0.6 is 11.8 Å². The van der Waals surface area contributed by atoms with Crippen molar-refractivity contribution in [1.82, 2.24) is 0 Å². The molecule has 0 atom stereocenters. The van der Waals surface area contributed by atoms with Crippen LogP contribution in [0.25, 0.3) is 0 Å². The molecule has 0 aromatic carbocycles. The molecule has 0 nitrogen and oxygen atoms in total. The molecule has 0 bridgehead atoms. The predicted molar refractivity (Wildman–Crippen MR) is 97.8 cm³/mol. The van der Waals surface area contributed by atoms with E-state index in [0.29, 0.717) is 0 Å². The number of thioether (sulfide) groups is 1. The van der Waals surface area contributed by atoms with Crippen molar-refractivity contribution in [3.8, 4) is 0 Å². The second kappa shape index (κ2) is 19.1. The van der Waals surface area contributed by atoms with E-state index in [0.717, 1.165) is 0 Å². The molecule has 1 heteroatoms. The first kappa shape index (κ1) is 20.1. The summed E-state index contributed by atoms with van der Waals surface area (Å²) in [6, 6.07) is 0. The molecule has 0 spiro atoms. The van der Waals surface area contributed by atoms with Gasteiger partial charge < -0.3 is 0 Å². The van der Waals surface area contributed by atoms with Crippen molar-refractivity contribution < 1.29 is 0 Å². The van der Waals surface area contributed by atoms with Crippen LogP contribution in [-0.2, 0) is 0 Å². The van der Waals surface area contributed by atoms with E-state index in [-0.39, 0.29) is 0 Å². The molecular weight excluding hydrogens is 260 g/mol. The number of allylic oxidation sites excluding steroid dienone is 2. The molecule has 0 fully saturated rings. The van der Waals surface area contributed by atoms with Gasteiger partial charge in [0.15, 0.2) is 0 Å². The topological polar surface area (TPSA) is 0 Å². The summed E-state index contributed by atoms with van der Waals surface area (Å²) >= 11 is 1.98. The Morgan fingerprint density at radius 3 is 1.55 bits per heavy atom. The third-order valence-corrected chi connectivity index (χ3v) is 4.56. The van der Waals surface area contributed by atoms with Crippen LogP contribution in [0.1, 0.15) is 96.8 Å². The van der Waals surface area contributed by atoms with Gasteiger partial charge in [0.2, 0.25) is 0 Å². The average Bonchev–Trinajstić information content (AvgIpc) is 2.47. The molecule has 0 aromatic heterocycles. The SMILES string of the molecule is CCCCCCCC/C=C\CCCCCCCCSC. The maximum Gasteiger partial charge on any atom is -0.00703 e. The van der Waals surface area contributed by atoms with Crippen LogP contribution in [0.4, 0.5) is 0 Å².